The summed E-state index contributed by atoms with van der Waals surface area (Å²) in [5, 5.41) is 0. The Hall–Kier alpha value is -2.40. The molecule has 1 saturated heterocycles. The number of ether oxygens (including phenoxy) is 1. The highest BCUT2D eigenvalue weighted by atomic mass is 19.1. The van der Waals surface area contributed by atoms with E-state index >= 15 is 0 Å². The molecule has 0 aromatic heterocycles. The predicted octanol–water partition coefficient (Wildman–Crippen LogP) is 5.19. The van der Waals surface area contributed by atoms with Gasteiger partial charge in [0.1, 0.15) is 11.6 Å². The first-order valence-corrected chi connectivity index (χ1v) is 11.7. The lowest BCUT2D eigenvalue weighted by Crippen LogP contribution is -2.41. The third-order valence-electron chi connectivity index (χ3n) is 6.25. The van der Waals surface area contributed by atoms with Crippen molar-refractivity contribution in [2.45, 2.75) is 40.2 Å². The molecule has 2 unspecified atom stereocenters. The Balaban J connectivity index is 1.84. The van der Waals surface area contributed by atoms with Gasteiger partial charge in [0.2, 0.25) is 5.91 Å². The van der Waals surface area contributed by atoms with Gasteiger partial charge in [0.15, 0.2) is 0 Å². The molecule has 2 atom stereocenters. The van der Waals surface area contributed by atoms with Crippen LogP contribution in [0.4, 0.5) is 4.39 Å². The molecule has 3 rings (SSSR count). The van der Waals surface area contributed by atoms with Gasteiger partial charge in [-0.25, -0.2) is 4.39 Å². The molecule has 2 aromatic rings. The monoisotopic (exact) mass is 440 g/mol. The molecule has 32 heavy (non-hydrogen) atoms. The minimum atomic E-state index is -0.217. The Kier molecular flexibility index (Phi) is 8.30. The van der Waals surface area contributed by atoms with Crippen LogP contribution in [-0.4, -0.2) is 49.0 Å². The number of halogens is 1. The average Bonchev–Trinajstić information content (AvgIpc) is 3.15. The minimum absolute atomic E-state index is 0.0240. The first-order valence-electron chi connectivity index (χ1n) is 11.7. The molecule has 1 aliphatic heterocycles. The Bertz CT molecular complexity index is 881. The summed E-state index contributed by atoms with van der Waals surface area (Å²) in [6.45, 7) is 12.3. The second-order valence-electron chi connectivity index (χ2n) is 9.72. The third kappa shape index (κ3) is 6.10. The number of methoxy groups -OCH3 is 1. The van der Waals surface area contributed by atoms with Gasteiger partial charge >= 0.3 is 0 Å². The largest absolute Gasteiger partial charge is 0.496 e. The highest BCUT2D eigenvalue weighted by Gasteiger charge is 2.36. The Labute approximate surface area is 192 Å². The summed E-state index contributed by atoms with van der Waals surface area (Å²) < 4.78 is 19.1. The number of rotatable bonds is 9. The summed E-state index contributed by atoms with van der Waals surface area (Å²) in [5.74, 6) is 1.81. The highest BCUT2D eigenvalue weighted by Crippen LogP contribution is 2.35. The summed E-state index contributed by atoms with van der Waals surface area (Å²) in [7, 11) is 1.70. The number of hydrogen-bond donors (Lipinski definition) is 0. The maximum Gasteiger partial charge on any atom is 0.225 e. The molecule has 0 aliphatic carbocycles. The van der Waals surface area contributed by atoms with Gasteiger partial charge < -0.3 is 9.64 Å². The number of benzene rings is 2. The molecule has 0 saturated carbocycles. The highest BCUT2D eigenvalue weighted by molar-refractivity contribution is 5.78. The van der Waals surface area contributed by atoms with Crippen molar-refractivity contribution in [3.8, 4) is 5.75 Å². The zero-order chi connectivity index (χ0) is 23.3. The molecule has 0 N–H and O–H groups in total. The zero-order valence-corrected chi connectivity index (χ0v) is 20.1. The number of amides is 1. The van der Waals surface area contributed by atoms with Gasteiger partial charge in [-0.05, 0) is 35.6 Å². The fraction of sp³-hybridized carbons (Fsp3) is 0.519. The number of carbonyl (C=O) groups is 1. The topological polar surface area (TPSA) is 32.8 Å². The Morgan fingerprint density at radius 3 is 2.41 bits per heavy atom. The van der Waals surface area contributed by atoms with E-state index in [1.54, 1.807) is 19.2 Å². The summed E-state index contributed by atoms with van der Waals surface area (Å²) in [6.07, 6.45) is 0. The minimum Gasteiger partial charge on any atom is -0.496 e. The fourth-order valence-electron chi connectivity index (χ4n) is 4.78. The van der Waals surface area contributed by atoms with Gasteiger partial charge in [-0.3, -0.25) is 9.69 Å². The first-order chi connectivity index (χ1) is 15.3. The van der Waals surface area contributed by atoms with E-state index in [4.69, 9.17) is 4.74 Å². The molecule has 0 radical (unpaired) electrons. The number of hydrogen-bond acceptors (Lipinski definition) is 3. The van der Waals surface area contributed by atoms with Crippen LogP contribution in [0.25, 0.3) is 0 Å². The second-order valence-corrected chi connectivity index (χ2v) is 9.72. The van der Waals surface area contributed by atoms with Crippen LogP contribution in [0.3, 0.4) is 0 Å². The van der Waals surface area contributed by atoms with E-state index < -0.39 is 0 Å². The van der Waals surface area contributed by atoms with Crippen molar-refractivity contribution < 1.29 is 13.9 Å². The molecule has 174 valence electrons. The van der Waals surface area contributed by atoms with E-state index in [-0.39, 0.29) is 29.5 Å². The molecule has 0 bridgehead atoms. The van der Waals surface area contributed by atoms with Crippen molar-refractivity contribution in [1.82, 2.24) is 9.80 Å². The number of para-hydroxylation sites is 1. The molecule has 5 heteroatoms. The van der Waals surface area contributed by atoms with Gasteiger partial charge in [-0.15, -0.1) is 0 Å². The molecule has 1 aliphatic rings. The SMILES string of the molecule is COc1ccccc1CN1CC(CN(CC(C)C)C(=O)C(C)C)C(c2ccc(F)cc2)C1. The van der Waals surface area contributed by atoms with Crippen molar-refractivity contribution in [3.05, 3.63) is 65.5 Å². The van der Waals surface area contributed by atoms with Crippen LogP contribution in [0.1, 0.15) is 44.7 Å². The molecule has 0 spiro atoms. The van der Waals surface area contributed by atoms with Crippen LogP contribution >= 0.6 is 0 Å². The summed E-state index contributed by atoms with van der Waals surface area (Å²) in [4.78, 5) is 17.4. The number of carbonyl (C=O) groups excluding carboxylic acids is 1. The van der Waals surface area contributed by atoms with Gasteiger partial charge in [0.05, 0.1) is 7.11 Å². The van der Waals surface area contributed by atoms with E-state index in [0.29, 0.717) is 5.92 Å². The van der Waals surface area contributed by atoms with Crippen LogP contribution in [0, 0.1) is 23.6 Å². The van der Waals surface area contributed by atoms with Crippen molar-refractivity contribution in [1.29, 1.82) is 0 Å². The van der Waals surface area contributed by atoms with Crippen LogP contribution in [-0.2, 0) is 11.3 Å². The van der Waals surface area contributed by atoms with Crippen LogP contribution in [0.5, 0.6) is 5.75 Å². The van der Waals surface area contributed by atoms with Crippen molar-refractivity contribution >= 4 is 5.91 Å². The van der Waals surface area contributed by atoms with Crippen molar-refractivity contribution in [3.63, 3.8) is 0 Å². The van der Waals surface area contributed by atoms with Crippen LogP contribution in [0.2, 0.25) is 0 Å². The summed E-state index contributed by atoms with van der Waals surface area (Å²) in [6, 6.07) is 15.0. The molecular formula is C27H37FN2O2. The molecule has 4 nitrogen and oxygen atoms in total. The van der Waals surface area contributed by atoms with Crippen molar-refractivity contribution in [2.75, 3.05) is 33.3 Å². The van der Waals surface area contributed by atoms with Gasteiger partial charge in [-0.1, -0.05) is 58.0 Å². The van der Waals surface area contributed by atoms with E-state index in [2.05, 4.69) is 24.8 Å². The third-order valence-corrected chi connectivity index (χ3v) is 6.25. The van der Waals surface area contributed by atoms with Crippen molar-refractivity contribution in [2.24, 2.45) is 17.8 Å². The maximum absolute atomic E-state index is 13.6. The van der Waals surface area contributed by atoms with E-state index in [1.165, 1.54) is 0 Å². The lowest BCUT2D eigenvalue weighted by atomic mass is 9.88. The second kappa shape index (κ2) is 11.0. The lowest BCUT2D eigenvalue weighted by molar-refractivity contribution is -0.135. The van der Waals surface area contributed by atoms with Gasteiger partial charge in [-0.2, -0.15) is 0 Å². The molecule has 1 amide bonds. The summed E-state index contributed by atoms with van der Waals surface area (Å²) in [5.41, 5.74) is 2.30. The molecule has 1 fully saturated rings. The fourth-order valence-corrected chi connectivity index (χ4v) is 4.78. The van der Waals surface area contributed by atoms with E-state index in [9.17, 15) is 9.18 Å². The maximum atomic E-state index is 13.6. The Morgan fingerprint density at radius 1 is 1.09 bits per heavy atom. The van der Waals surface area contributed by atoms with Crippen LogP contribution < -0.4 is 4.74 Å². The van der Waals surface area contributed by atoms with Gasteiger partial charge in [0.25, 0.3) is 0 Å². The molecule has 1 heterocycles. The van der Waals surface area contributed by atoms with E-state index in [1.807, 2.05) is 49.1 Å². The number of likely N-dealkylation sites (tertiary alicyclic amines) is 1. The smallest absolute Gasteiger partial charge is 0.225 e. The number of nitrogens with zero attached hydrogens (tertiary/aromatic N) is 2. The standard InChI is InChI=1S/C27H37FN2O2/c1-19(2)14-30(27(31)20(3)4)17-23-16-29(15-22-8-6-7-9-26(22)32-5)18-25(23)21-10-12-24(28)13-11-21/h6-13,19-20,23,25H,14-18H2,1-5H3. The lowest BCUT2D eigenvalue weighted by Gasteiger charge is -2.31. The van der Waals surface area contributed by atoms with Gasteiger partial charge in [0, 0.05) is 50.1 Å². The predicted molar refractivity (Wildman–Crippen MR) is 127 cm³/mol. The first kappa shape index (κ1) is 24.2. The van der Waals surface area contributed by atoms with Crippen LogP contribution in [0.15, 0.2) is 48.5 Å². The average molecular weight is 441 g/mol. The van der Waals surface area contributed by atoms with E-state index in [0.717, 1.165) is 49.6 Å². The zero-order valence-electron chi connectivity index (χ0n) is 20.1. The quantitative estimate of drug-likeness (QED) is 0.538. The summed E-state index contributed by atoms with van der Waals surface area (Å²) >= 11 is 0. The normalized spacial score (nSPS) is 19.0. The molecular weight excluding hydrogens is 403 g/mol. The Morgan fingerprint density at radius 2 is 1.78 bits per heavy atom. The molecule has 2 aromatic carbocycles.